The summed E-state index contributed by atoms with van der Waals surface area (Å²) >= 11 is 3.24. The summed E-state index contributed by atoms with van der Waals surface area (Å²) in [4.78, 5) is 10.4. The quantitative estimate of drug-likeness (QED) is 0.677. The van der Waals surface area contributed by atoms with Gasteiger partial charge >= 0.3 is 5.97 Å². The minimum atomic E-state index is -0.939. The van der Waals surface area contributed by atoms with Crippen molar-refractivity contribution in [3.63, 3.8) is 0 Å². The molecule has 19 heavy (non-hydrogen) atoms. The normalized spacial score (nSPS) is 11.0. The van der Waals surface area contributed by atoms with E-state index in [4.69, 9.17) is 5.11 Å². The van der Waals surface area contributed by atoms with Crippen molar-refractivity contribution in [3.05, 3.63) is 46.5 Å². The Hall–Kier alpha value is -1.66. The zero-order valence-corrected chi connectivity index (χ0v) is 11.9. The number of nitrogens with zero attached hydrogens (tertiary/aromatic N) is 2. The second kappa shape index (κ2) is 6.49. The van der Waals surface area contributed by atoms with Crippen molar-refractivity contribution in [3.8, 4) is 0 Å². The van der Waals surface area contributed by atoms with Crippen LogP contribution in [0.2, 0.25) is 0 Å². The van der Waals surface area contributed by atoms with Gasteiger partial charge in [0.05, 0.1) is 0 Å². The maximum absolute atomic E-state index is 10.4. The van der Waals surface area contributed by atoms with Crippen LogP contribution in [0, 0.1) is 6.92 Å². The molecule has 0 unspecified atom stereocenters. The highest BCUT2D eigenvalue weighted by molar-refractivity contribution is 8.00. The lowest BCUT2D eigenvalue weighted by Gasteiger charge is -1.99. The number of rotatable bonds is 5. The van der Waals surface area contributed by atoms with Crippen LogP contribution in [0.3, 0.4) is 0 Å². The van der Waals surface area contributed by atoms with Crippen LogP contribution in [0.5, 0.6) is 0 Å². The van der Waals surface area contributed by atoms with Gasteiger partial charge in [-0.15, -0.1) is 10.2 Å². The van der Waals surface area contributed by atoms with E-state index in [0.29, 0.717) is 0 Å². The Kier molecular flexibility index (Phi) is 4.70. The van der Waals surface area contributed by atoms with Gasteiger partial charge in [-0.2, -0.15) is 0 Å². The maximum atomic E-state index is 10.4. The summed E-state index contributed by atoms with van der Waals surface area (Å²) in [6.45, 7) is 1.94. The number of carbonyl (C=O) groups is 1. The van der Waals surface area contributed by atoms with Crippen LogP contribution < -0.4 is 0 Å². The van der Waals surface area contributed by atoms with Gasteiger partial charge in [0.25, 0.3) is 0 Å². The number of carboxylic acid groups (broad SMARTS) is 1. The number of aromatic nitrogens is 2. The molecule has 0 aliphatic carbocycles. The zero-order valence-electron chi connectivity index (χ0n) is 10.2. The fourth-order valence-electron chi connectivity index (χ4n) is 1.37. The molecule has 1 N–H and O–H groups in total. The van der Waals surface area contributed by atoms with Gasteiger partial charge in [-0.1, -0.05) is 47.4 Å². The average Bonchev–Trinajstić information content (AvgIpc) is 2.81. The third-order valence-corrected chi connectivity index (χ3v) is 4.31. The number of benzene rings is 1. The van der Waals surface area contributed by atoms with Crippen LogP contribution in [0.1, 0.15) is 16.1 Å². The molecule has 0 amide bonds. The van der Waals surface area contributed by atoms with Gasteiger partial charge in [0.2, 0.25) is 0 Å². The lowest BCUT2D eigenvalue weighted by atomic mass is 10.1. The van der Waals surface area contributed by atoms with Crippen molar-refractivity contribution >= 4 is 35.1 Å². The largest absolute Gasteiger partial charge is 0.478 e. The first kappa shape index (κ1) is 13.8. The van der Waals surface area contributed by atoms with E-state index in [1.807, 2.05) is 31.2 Å². The SMILES string of the molecule is Cc1nnc(SCc2ccc(/C=C/C(=O)O)cc2)s1. The van der Waals surface area contributed by atoms with E-state index in [2.05, 4.69) is 10.2 Å². The predicted octanol–water partition coefficient (Wildman–Crippen LogP) is 3.24. The molecule has 0 spiro atoms. The number of hydrogen-bond acceptors (Lipinski definition) is 5. The van der Waals surface area contributed by atoms with Gasteiger partial charge in [-0.05, 0) is 24.1 Å². The summed E-state index contributed by atoms with van der Waals surface area (Å²) in [7, 11) is 0. The predicted molar refractivity (Wildman–Crippen MR) is 77.3 cm³/mol. The monoisotopic (exact) mass is 292 g/mol. The molecule has 0 saturated heterocycles. The van der Waals surface area contributed by atoms with E-state index < -0.39 is 5.97 Å². The van der Waals surface area contributed by atoms with Crippen LogP contribution in [0.15, 0.2) is 34.7 Å². The van der Waals surface area contributed by atoms with E-state index in [1.54, 1.807) is 29.2 Å². The standard InChI is InChI=1S/C13H12N2O2S2/c1-9-14-15-13(19-9)18-8-11-4-2-10(3-5-11)6-7-12(16)17/h2-7H,8H2,1H3,(H,16,17)/b7-6+. The number of hydrogen-bond donors (Lipinski definition) is 1. The second-order valence-electron chi connectivity index (χ2n) is 3.79. The first-order valence-corrected chi connectivity index (χ1v) is 7.36. The minimum Gasteiger partial charge on any atom is -0.478 e. The molecular formula is C13H12N2O2S2. The van der Waals surface area contributed by atoms with Crippen LogP contribution in [-0.4, -0.2) is 21.3 Å². The van der Waals surface area contributed by atoms with Crippen molar-refractivity contribution in [2.75, 3.05) is 0 Å². The number of carboxylic acids is 1. The third kappa shape index (κ3) is 4.50. The zero-order chi connectivity index (χ0) is 13.7. The molecule has 2 aromatic rings. The van der Waals surface area contributed by atoms with E-state index in [-0.39, 0.29) is 0 Å². The molecule has 0 fully saturated rings. The van der Waals surface area contributed by atoms with Gasteiger partial charge in [0, 0.05) is 11.8 Å². The first-order valence-electron chi connectivity index (χ1n) is 5.56. The highest BCUT2D eigenvalue weighted by atomic mass is 32.2. The summed E-state index contributed by atoms with van der Waals surface area (Å²) in [5, 5.41) is 17.5. The topological polar surface area (TPSA) is 63.1 Å². The molecule has 0 bridgehead atoms. The Morgan fingerprint density at radius 1 is 1.37 bits per heavy atom. The van der Waals surface area contributed by atoms with Crippen LogP contribution >= 0.6 is 23.1 Å². The van der Waals surface area contributed by atoms with Crippen molar-refractivity contribution in [2.45, 2.75) is 17.0 Å². The summed E-state index contributed by atoms with van der Waals surface area (Å²) < 4.78 is 0.965. The molecule has 0 saturated carbocycles. The molecule has 98 valence electrons. The van der Waals surface area contributed by atoms with E-state index in [1.165, 1.54) is 5.56 Å². The molecule has 1 aromatic carbocycles. The summed E-state index contributed by atoms with van der Waals surface area (Å²) in [6, 6.07) is 7.78. The smallest absolute Gasteiger partial charge is 0.328 e. The van der Waals surface area contributed by atoms with Gasteiger partial charge in [-0.3, -0.25) is 0 Å². The minimum absolute atomic E-state index is 0.831. The molecule has 1 aromatic heterocycles. The summed E-state index contributed by atoms with van der Waals surface area (Å²) in [5.74, 6) is -0.108. The lowest BCUT2D eigenvalue weighted by molar-refractivity contribution is -0.131. The molecule has 0 radical (unpaired) electrons. The van der Waals surface area contributed by atoms with Crippen LogP contribution in [0.25, 0.3) is 6.08 Å². The van der Waals surface area contributed by atoms with Gasteiger partial charge in [-0.25, -0.2) is 4.79 Å². The van der Waals surface area contributed by atoms with Crippen molar-refractivity contribution in [2.24, 2.45) is 0 Å². The van der Waals surface area contributed by atoms with Crippen molar-refractivity contribution in [1.82, 2.24) is 10.2 Å². The van der Waals surface area contributed by atoms with E-state index >= 15 is 0 Å². The van der Waals surface area contributed by atoms with Crippen LogP contribution in [-0.2, 0) is 10.5 Å². The average molecular weight is 292 g/mol. The third-order valence-electron chi connectivity index (χ3n) is 2.27. The Balaban J connectivity index is 1.93. The molecule has 0 atom stereocenters. The number of aryl methyl sites for hydroxylation is 1. The highest BCUT2D eigenvalue weighted by Gasteiger charge is 2.01. The Bertz CT molecular complexity index is 591. The Morgan fingerprint density at radius 2 is 2.11 bits per heavy atom. The molecule has 0 aliphatic heterocycles. The van der Waals surface area contributed by atoms with Crippen molar-refractivity contribution < 1.29 is 9.90 Å². The molecule has 4 nitrogen and oxygen atoms in total. The Morgan fingerprint density at radius 3 is 2.68 bits per heavy atom. The van der Waals surface area contributed by atoms with Gasteiger partial charge in [0.1, 0.15) is 5.01 Å². The molecule has 6 heteroatoms. The number of aliphatic carboxylic acids is 1. The van der Waals surface area contributed by atoms with Crippen molar-refractivity contribution in [1.29, 1.82) is 0 Å². The summed E-state index contributed by atoms with van der Waals surface area (Å²) in [5.41, 5.74) is 2.05. The van der Waals surface area contributed by atoms with Crippen LogP contribution in [0.4, 0.5) is 0 Å². The Labute approximate surface area is 119 Å². The molecule has 0 aliphatic rings. The van der Waals surface area contributed by atoms with E-state index in [0.717, 1.165) is 26.7 Å². The fourth-order valence-corrected chi connectivity index (χ4v) is 3.15. The number of thioether (sulfide) groups is 1. The lowest BCUT2D eigenvalue weighted by Crippen LogP contribution is -1.86. The molecule has 1 heterocycles. The fraction of sp³-hybridized carbons (Fsp3) is 0.154. The summed E-state index contributed by atoms with van der Waals surface area (Å²) in [6.07, 6.45) is 2.71. The van der Waals surface area contributed by atoms with E-state index in [9.17, 15) is 4.79 Å². The second-order valence-corrected chi connectivity index (χ2v) is 6.19. The highest BCUT2D eigenvalue weighted by Crippen LogP contribution is 2.25. The first-order chi connectivity index (χ1) is 9.13. The van der Waals surface area contributed by atoms with Gasteiger partial charge in [0.15, 0.2) is 4.34 Å². The molecule has 2 rings (SSSR count). The van der Waals surface area contributed by atoms with Gasteiger partial charge < -0.3 is 5.11 Å². The maximum Gasteiger partial charge on any atom is 0.328 e. The molecular weight excluding hydrogens is 280 g/mol.